The van der Waals surface area contributed by atoms with E-state index >= 15 is 0 Å². The molecule has 146 valence electrons. The molecule has 0 spiro atoms. The maximum absolute atomic E-state index is 12.3. The minimum Gasteiger partial charge on any atom is -0.495 e. The molecule has 5 heteroatoms. The van der Waals surface area contributed by atoms with Crippen LogP contribution in [0.2, 0.25) is 0 Å². The molecule has 2 N–H and O–H groups in total. The number of thiophene rings is 1. The number of carbonyl (C=O) groups is 1. The second kappa shape index (κ2) is 8.80. The summed E-state index contributed by atoms with van der Waals surface area (Å²) in [6, 6.07) is 18.3. The third-order valence-corrected chi connectivity index (χ3v) is 5.81. The highest BCUT2D eigenvalue weighted by atomic mass is 32.1. The molecular formula is C24H22N2O2S. The van der Waals surface area contributed by atoms with Crippen molar-refractivity contribution in [3.63, 3.8) is 0 Å². The van der Waals surface area contributed by atoms with E-state index in [0.717, 1.165) is 28.6 Å². The van der Waals surface area contributed by atoms with Crippen molar-refractivity contribution in [3.05, 3.63) is 82.7 Å². The van der Waals surface area contributed by atoms with Crippen LogP contribution in [-0.2, 0) is 11.2 Å². The van der Waals surface area contributed by atoms with Crippen LogP contribution in [0.3, 0.4) is 0 Å². The number of ether oxygens (including phenoxy) is 1. The summed E-state index contributed by atoms with van der Waals surface area (Å²) in [6.07, 6.45) is 6.10. The average molecular weight is 403 g/mol. The number of amides is 1. The Morgan fingerprint density at radius 2 is 2.00 bits per heavy atom. The molecule has 0 aliphatic heterocycles. The largest absolute Gasteiger partial charge is 0.495 e. The first-order valence-corrected chi connectivity index (χ1v) is 10.4. The van der Waals surface area contributed by atoms with Crippen molar-refractivity contribution in [2.45, 2.75) is 6.42 Å². The molecule has 2 aromatic heterocycles. The Bertz CT molecular complexity index is 1140. The van der Waals surface area contributed by atoms with Gasteiger partial charge < -0.3 is 15.0 Å². The Hall–Kier alpha value is -3.31. The number of hydrogen-bond acceptors (Lipinski definition) is 3. The smallest absolute Gasteiger partial charge is 0.244 e. The molecule has 0 saturated carbocycles. The minimum atomic E-state index is -0.0972. The summed E-state index contributed by atoms with van der Waals surface area (Å²) in [6.45, 7) is 0.602. The molecule has 0 atom stereocenters. The molecule has 4 nitrogen and oxygen atoms in total. The van der Waals surface area contributed by atoms with Crippen molar-refractivity contribution < 1.29 is 9.53 Å². The van der Waals surface area contributed by atoms with Crippen LogP contribution in [0.25, 0.3) is 28.1 Å². The van der Waals surface area contributed by atoms with Crippen LogP contribution in [-0.4, -0.2) is 24.5 Å². The van der Waals surface area contributed by atoms with Gasteiger partial charge in [-0.05, 0) is 41.1 Å². The molecule has 0 aliphatic rings. The van der Waals surface area contributed by atoms with E-state index in [1.54, 1.807) is 24.5 Å². The van der Waals surface area contributed by atoms with Crippen LogP contribution < -0.4 is 10.1 Å². The number of fused-ring (bicyclic) bond motifs is 1. The molecule has 29 heavy (non-hydrogen) atoms. The van der Waals surface area contributed by atoms with Crippen molar-refractivity contribution in [3.8, 4) is 16.9 Å². The number of para-hydroxylation sites is 1. The maximum atomic E-state index is 12.3. The lowest BCUT2D eigenvalue weighted by Crippen LogP contribution is -2.23. The number of aromatic nitrogens is 1. The van der Waals surface area contributed by atoms with Crippen molar-refractivity contribution in [1.82, 2.24) is 10.3 Å². The number of aromatic amines is 1. The van der Waals surface area contributed by atoms with E-state index < -0.39 is 0 Å². The quantitative estimate of drug-likeness (QED) is 0.413. The lowest BCUT2D eigenvalue weighted by molar-refractivity contribution is -0.116. The molecule has 0 fully saturated rings. The zero-order chi connectivity index (χ0) is 20.1. The van der Waals surface area contributed by atoms with Gasteiger partial charge in [0.05, 0.1) is 12.6 Å². The van der Waals surface area contributed by atoms with E-state index in [4.69, 9.17) is 4.74 Å². The minimum absolute atomic E-state index is 0.0972. The van der Waals surface area contributed by atoms with Gasteiger partial charge in [0, 0.05) is 34.6 Å². The van der Waals surface area contributed by atoms with Gasteiger partial charge in [-0.1, -0.05) is 42.5 Å². The summed E-state index contributed by atoms with van der Waals surface area (Å²) in [4.78, 5) is 16.7. The lowest BCUT2D eigenvalue weighted by Gasteiger charge is -2.05. The van der Waals surface area contributed by atoms with Gasteiger partial charge in [0.2, 0.25) is 5.91 Å². The molecule has 2 heterocycles. The highest BCUT2D eigenvalue weighted by molar-refractivity contribution is 7.10. The summed E-state index contributed by atoms with van der Waals surface area (Å²) in [5, 5.41) is 6.11. The van der Waals surface area contributed by atoms with Gasteiger partial charge in [-0.3, -0.25) is 4.79 Å². The Labute approximate surface area is 173 Å². The van der Waals surface area contributed by atoms with Crippen molar-refractivity contribution >= 4 is 34.2 Å². The van der Waals surface area contributed by atoms with Crippen LogP contribution in [0.4, 0.5) is 0 Å². The molecule has 0 saturated heterocycles. The van der Waals surface area contributed by atoms with Gasteiger partial charge in [0.15, 0.2) is 0 Å². The third kappa shape index (κ3) is 4.25. The van der Waals surface area contributed by atoms with Crippen LogP contribution in [0, 0.1) is 0 Å². The topological polar surface area (TPSA) is 54.1 Å². The van der Waals surface area contributed by atoms with Crippen LogP contribution in [0.1, 0.15) is 10.4 Å². The first kappa shape index (κ1) is 19.0. The highest BCUT2D eigenvalue weighted by Gasteiger charge is 2.08. The summed E-state index contributed by atoms with van der Waals surface area (Å²) >= 11 is 1.73. The molecule has 0 aliphatic carbocycles. The Morgan fingerprint density at radius 3 is 2.83 bits per heavy atom. The standard InChI is InChI=1S/C24H22N2O2S/c1-28-21-9-5-8-20-18(16-26-24(20)21)10-11-23(27)25-14-12-22-19(13-15-29-22)17-6-3-2-4-7-17/h2-11,13,15-16,26H,12,14H2,1H3,(H,25,27)/b11-10+. The van der Waals surface area contributed by atoms with Crippen LogP contribution in [0.5, 0.6) is 5.75 Å². The molecule has 0 unspecified atom stereocenters. The van der Waals surface area contributed by atoms with Crippen LogP contribution in [0.15, 0.2) is 72.3 Å². The van der Waals surface area contributed by atoms with E-state index in [9.17, 15) is 4.79 Å². The number of H-pyrrole nitrogens is 1. The molecule has 2 aromatic carbocycles. The van der Waals surface area contributed by atoms with E-state index in [2.05, 4.69) is 33.9 Å². The van der Waals surface area contributed by atoms with Gasteiger partial charge >= 0.3 is 0 Å². The Balaban J connectivity index is 1.36. The molecule has 4 aromatic rings. The second-order valence-electron chi connectivity index (χ2n) is 6.62. The average Bonchev–Trinajstić information content (AvgIpc) is 3.39. The van der Waals surface area contributed by atoms with Crippen molar-refractivity contribution in [1.29, 1.82) is 0 Å². The predicted molar refractivity (Wildman–Crippen MR) is 120 cm³/mol. The van der Waals surface area contributed by atoms with E-state index in [-0.39, 0.29) is 5.91 Å². The first-order valence-electron chi connectivity index (χ1n) is 9.48. The van der Waals surface area contributed by atoms with Gasteiger partial charge in [0.1, 0.15) is 5.75 Å². The van der Waals surface area contributed by atoms with Gasteiger partial charge in [-0.25, -0.2) is 0 Å². The fourth-order valence-electron chi connectivity index (χ4n) is 3.39. The van der Waals surface area contributed by atoms with Gasteiger partial charge in [0.25, 0.3) is 0 Å². The fraction of sp³-hybridized carbons (Fsp3) is 0.125. The van der Waals surface area contributed by atoms with Crippen molar-refractivity contribution in [2.24, 2.45) is 0 Å². The Kier molecular flexibility index (Phi) is 5.77. The first-order chi connectivity index (χ1) is 14.3. The fourth-order valence-corrected chi connectivity index (χ4v) is 4.29. The lowest BCUT2D eigenvalue weighted by atomic mass is 10.1. The molecule has 1 amide bonds. The van der Waals surface area contributed by atoms with E-state index in [0.29, 0.717) is 6.54 Å². The summed E-state index contributed by atoms with van der Waals surface area (Å²) in [5.74, 6) is 0.692. The molecular weight excluding hydrogens is 380 g/mol. The number of carbonyl (C=O) groups excluding carboxylic acids is 1. The normalized spacial score (nSPS) is 11.2. The summed E-state index contributed by atoms with van der Waals surface area (Å²) < 4.78 is 5.36. The van der Waals surface area contributed by atoms with E-state index in [1.165, 1.54) is 16.0 Å². The summed E-state index contributed by atoms with van der Waals surface area (Å²) in [5.41, 5.74) is 4.35. The van der Waals surface area contributed by atoms with Crippen LogP contribution >= 0.6 is 11.3 Å². The molecule has 0 radical (unpaired) electrons. The number of nitrogens with one attached hydrogen (secondary N) is 2. The maximum Gasteiger partial charge on any atom is 0.244 e. The zero-order valence-corrected chi connectivity index (χ0v) is 17.0. The SMILES string of the molecule is COc1cccc2c(/C=C/C(=O)NCCc3sccc3-c3ccccc3)c[nH]c12. The monoisotopic (exact) mass is 402 g/mol. The zero-order valence-electron chi connectivity index (χ0n) is 16.1. The molecule has 0 bridgehead atoms. The third-order valence-electron chi connectivity index (χ3n) is 4.82. The van der Waals surface area contributed by atoms with Crippen molar-refractivity contribution in [2.75, 3.05) is 13.7 Å². The van der Waals surface area contributed by atoms with E-state index in [1.807, 2.05) is 48.7 Å². The number of methoxy groups -OCH3 is 1. The number of hydrogen-bond donors (Lipinski definition) is 2. The number of rotatable bonds is 7. The summed E-state index contributed by atoms with van der Waals surface area (Å²) in [7, 11) is 1.65. The highest BCUT2D eigenvalue weighted by Crippen LogP contribution is 2.29. The second-order valence-corrected chi connectivity index (χ2v) is 7.63. The van der Waals surface area contributed by atoms with Gasteiger partial charge in [-0.2, -0.15) is 0 Å². The molecule has 4 rings (SSSR count). The Morgan fingerprint density at radius 1 is 1.14 bits per heavy atom. The van der Waals surface area contributed by atoms with Gasteiger partial charge in [-0.15, -0.1) is 11.3 Å². The number of benzene rings is 2. The predicted octanol–water partition coefficient (Wildman–Crippen LogP) is 5.28.